The van der Waals surface area contributed by atoms with Crippen molar-refractivity contribution >= 4 is 17.5 Å². The lowest BCUT2D eigenvalue weighted by atomic mass is 9.84. The Kier molecular flexibility index (Phi) is 5.59. The molecule has 1 atom stereocenters. The van der Waals surface area contributed by atoms with E-state index in [0.717, 1.165) is 37.6 Å². The number of aliphatic hydroxyl groups is 1. The van der Waals surface area contributed by atoms with Crippen molar-refractivity contribution in [3.8, 4) is 0 Å². The van der Waals surface area contributed by atoms with Gasteiger partial charge in [-0.15, -0.1) is 0 Å². The van der Waals surface area contributed by atoms with Crippen LogP contribution in [0.4, 0.5) is 11.8 Å². The number of piperazine rings is 1. The molecular formula is C20H27N5O3. The summed E-state index contributed by atoms with van der Waals surface area (Å²) >= 11 is 0. The fourth-order valence-electron chi connectivity index (χ4n) is 4.04. The first-order valence-corrected chi connectivity index (χ1v) is 9.99. The third-order valence-electron chi connectivity index (χ3n) is 5.48. The number of β-amino-alcohol motifs (C(OH)–C–C–N with tert-alkyl or cyclic N) is 1. The number of hydrogen-bond donors (Lipinski definition) is 2. The molecule has 2 aliphatic rings. The Morgan fingerprint density at radius 1 is 1.25 bits per heavy atom. The van der Waals surface area contributed by atoms with E-state index in [4.69, 9.17) is 19.5 Å². The van der Waals surface area contributed by atoms with Crippen LogP contribution in [0.25, 0.3) is 0 Å². The van der Waals surface area contributed by atoms with Gasteiger partial charge in [-0.2, -0.15) is 4.98 Å². The van der Waals surface area contributed by atoms with Crippen LogP contribution in [0.15, 0.2) is 22.8 Å². The SMILES string of the molecule is CCNc1nc(N2CCN(CCO)CC2)nc2c1C(=O)C[C@H](c1ccco1)C2. The number of hydrogen-bond acceptors (Lipinski definition) is 8. The molecule has 0 radical (unpaired) electrons. The highest BCUT2D eigenvalue weighted by atomic mass is 16.3. The Balaban J connectivity index is 1.62. The Hall–Kier alpha value is -2.45. The molecule has 0 unspecified atom stereocenters. The van der Waals surface area contributed by atoms with Crippen LogP contribution in [-0.2, 0) is 6.42 Å². The van der Waals surface area contributed by atoms with Crippen molar-refractivity contribution in [2.75, 3.05) is 56.1 Å². The van der Waals surface area contributed by atoms with Crippen LogP contribution >= 0.6 is 0 Å². The van der Waals surface area contributed by atoms with Crippen LogP contribution in [0, 0.1) is 0 Å². The molecule has 2 aromatic heterocycles. The van der Waals surface area contributed by atoms with E-state index >= 15 is 0 Å². The summed E-state index contributed by atoms with van der Waals surface area (Å²) in [7, 11) is 0. The Morgan fingerprint density at radius 3 is 2.75 bits per heavy atom. The van der Waals surface area contributed by atoms with Crippen molar-refractivity contribution in [2.24, 2.45) is 0 Å². The molecule has 0 spiro atoms. The maximum Gasteiger partial charge on any atom is 0.227 e. The highest BCUT2D eigenvalue weighted by Crippen LogP contribution is 2.35. The molecule has 0 bridgehead atoms. The predicted molar refractivity (Wildman–Crippen MR) is 106 cm³/mol. The number of rotatable bonds is 6. The zero-order valence-corrected chi connectivity index (χ0v) is 16.2. The van der Waals surface area contributed by atoms with Gasteiger partial charge in [0.1, 0.15) is 11.6 Å². The Morgan fingerprint density at radius 2 is 2.07 bits per heavy atom. The number of carbonyl (C=O) groups excluding carboxylic acids is 1. The second kappa shape index (κ2) is 8.28. The number of aliphatic hydroxyl groups excluding tert-OH is 1. The smallest absolute Gasteiger partial charge is 0.227 e. The van der Waals surface area contributed by atoms with Crippen molar-refractivity contribution in [3.05, 3.63) is 35.4 Å². The van der Waals surface area contributed by atoms with Crippen LogP contribution in [0.2, 0.25) is 0 Å². The minimum atomic E-state index is 0.0219. The molecule has 1 aliphatic carbocycles. The van der Waals surface area contributed by atoms with E-state index < -0.39 is 0 Å². The fraction of sp³-hybridized carbons (Fsp3) is 0.550. The van der Waals surface area contributed by atoms with Crippen LogP contribution in [0.3, 0.4) is 0 Å². The number of furan rings is 1. The molecular weight excluding hydrogens is 358 g/mol. The Bertz CT molecular complexity index is 815. The average molecular weight is 385 g/mol. The molecule has 8 heteroatoms. The van der Waals surface area contributed by atoms with E-state index in [1.807, 2.05) is 19.1 Å². The van der Waals surface area contributed by atoms with Crippen molar-refractivity contribution < 1.29 is 14.3 Å². The third kappa shape index (κ3) is 3.74. The van der Waals surface area contributed by atoms with Crippen LogP contribution in [0.5, 0.6) is 0 Å². The third-order valence-corrected chi connectivity index (χ3v) is 5.48. The quantitative estimate of drug-likeness (QED) is 0.773. The summed E-state index contributed by atoms with van der Waals surface area (Å²) in [6.07, 6.45) is 2.74. The van der Waals surface area contributed by atoms with Gasteiger partial charge in [-0.25, -0.2) is 4.98 Å². The summed E-state index contributed by atoms with van der Waals surface area (Å²) in [6, 6.07) is 3.79. The Labute approximate surface area is 164 Å². The molecule has 0 amide bonds. The molecule has 1 saturated heterocycles. The number of Topliss-reactive ketones (excluding diaryl/α,β-unsaturated/α-hetero) is 1. The normalized spacial score (nSPS) is 20.3. The van der Waals surface area contributed by atoms with E-state index in [1.165, 1.54) is 0 Å². The molecule has 0 saturated carbocycles. The van der Waals surface area contributed by atoms with Gasteiger partial charge in [-0.05, 0) is 19.1 Å². The van der Waals surface area contributed by atoms with Gasteiger partial charge in [-0.1, -0.05) is 0 Å². The largest absolute Gasteiger partial charge is 0.469 e. The maximum absolute atomic E-state index is 12.9. The van der Waals surface area contributed by atoms with Crippen LogP contribution in [0.1, 0.15) is 41.1 Å². The zero-order valence-electron chi connectivity index (χ0n) is 16.2. The predicted octanol–water partition coefficient (Wildman–Crippen LogP) is 1.53. The van der Waals surface area contributed by atoms with E-state index in [2.05, 4.69) is 15.1 Å². The van der Waals surface area contributed by atoms with Gasteiger partial charge in [0.25, 0.3) is 0 Å². The van der Waals surface area contributed by atoms with E-state index in [1.54, 1.807) is 6.26 Å². The number of nitrogens with one attached hydrogen (secondary N) is 1. The minimum Gasteiger partial charge on any atom is -0.469 e. The van der Waals surface area contributed by atoms with Gasteiger partial charge in [0, 0.05) is 58.0 Å². The molecule has 150 valence electrons. The molecule has 1 fully saturated rings. The van der Waals surface area contributed by atoms with Crippen LogP contribution < -0.4 is 10.2 Å². The fourth-order valence-corrected chi connectivity index (χ4v) is 4.04. The summed E-state index contributed by atoms with van der Waals surface area (Å²) in [4.78, 5) is 26.8. The standard InChI is InChI=1S/C20H27N5O3/c1-2-21-19-18-15(12-14(13-16(18)27)17-4-3-11-28-17)22-20(23-19)25-7-5-24(6-8-25)9-10-26/h3-4,11,14,26H,2,5-10,12-13H2,1H3,(H,21,22,23)/t14-/m1/s1. The molecule has 0 aromatic carbocycles. The summed E-state index contributed by atoms with van der Waals surface area (Å²) < 4.78 is 5.55. The minimum absolute atomic E-state index is 0.0219. The second-order valence-electron chi connectivity index (χ2n) is 7.32. The molecule has 1 aliphatic heterocycles. The summed E-state index contributed by atoms with van der Waals surface area (Å²) in [6.45, 7) is 6.91. The molecule has 28 heavy (non-hydrogen) atoms. The lowest BCUT2D eigenvalue weighted by Crippen LogP contribution is -2.48. The molecule has 2 N–H and O–H groups in total. The number of carbonyl (C=O) groups is 1. The van der Waals surface area contributed by atoms with Gasteiger partial charge in [0.2, 0.25) is 5.95 Å². The summed E-state index contributed by atoms with van der Waals surface area (Å²) in [5.74, 6) is 2.24. The molecule has 3 heterocycles. The zero-order chi connectivity index (χ0) is 19.5. The van der Waals surface area contributed by atoms with E-state index in [-0.39, 0.29) is 18.3 Å². The van der Waals surface area contributed by atoms with E-state index in [9.17, 15) is 4.79 Å². The highest BCUT2D eigenvalue weighted by molar-refractivity contribution is 6.03. The van der Waals surface area contributed by atoms with E-state index in [0.29, 0.717) is 43.3 Å². The van der Waals surface area contributed by atoms with Crippen molar-refractivity contribution in [1.29, 1.82) is 0 Å². The van der Waals surface area contributed by atoms with Crippen molar-refractivity contribution in [2.45, 2.75) is 25.7 Å². The summed E-state index contributed by atoms with van der Waals surface area (Å²) in [5, 5.41) is 12.4. The van der Waals surface area contributed by atoms with Gasteiger partial charge in [0.15, 0.2) is 5.78 Å². The van der Waals surface area contributed by atoms with Gasteiger partial charge < -0.3 is 19.7 Å². The number of nitrogens with zero attached hydrogens (tertiary/aromatic N) is 4. The first-order valence-electron chi connectivity index (χ1n) is 9.99. The monoisotopic (exact) mass is 385 g/mol. The van der Waals surface area contributed by atoms with Crippen LogP contribution in [-0.4, -0.2) is 71.6 Å². The highest BCUT2D eigenvalue weighted by Gasteiger charge is 2.33. The lowest BCUT2D eigenvalue weighted by Gasteiger charge is -2.35. The number of aromatic nitrogens is 2. The average Bonchev–Trinajstić information content (AvgIpc) is 3.23. The molecule has 8 nitrogen and oxygen atoms in total. The van der Waals surface area contributed by atoms with Gasteiger partial charge >= 0.3 is 0 Å². The van der Waals surface area contributed by atoms with Crippen molar-refractivity contribution in [3.63, 3.8) is 0 Å². The second-order valence-corrected chi connectivity index (χ2v) is 7.32. The van der Waals surface area contributed by atoms with Gasteiger partial charge in [0.05, 0.1) is 24.1 Å². The summed E-state index contributed by atoms with van der Waals surface area (Å²) in [5.41, 5.74) is 1.43. The number of fused-ring (bicyclic) bond motifs is 1. The number of anilines is 2. The first kappa shape index (κ1) is 18.9. The van der Waals surface area contributed by atoms with Gasteiger partial charge in [-0.3, -0.25) is 9.69 Å². The number of ketones is 1. The maximum atomic E-state index is 12.9. The lowest BCUT2D eigenvalue weighted by molar-refractivity contribution is 0.0959. The van der Waals surface area contributed by atoms with Crippen molar-refractivity contribution in [1.82, 2.24) is 14.9 Å². The molecule has 4 rings (SSSR count). The molecule has 2 aromatic rings. The first-order chi connectivity index (χ1) is 13.7. The topological polar surface area (TPSA) is 94.7 Å².